The molecule has 4 atom stereocenters. The number of halogens is 2. The van der Waals surface area contributed by atoms with Crippen molar-refractivity contribution in [2.24, 2.45) is 5.41 Å². The van der Waals surface area contributed by atoms with E-state index in [1.54, 1.807) is 0 Å². The van der Waals surface area contributed by atoms with Gasteiger partial charge in [-0.1, -0.05) is 66.5 Å². The van der Waals surface area contributed by atoms with Gasteiger partial charge >= 0.3 is 0 Å². The molecule has 3 aromatic rings. The van der Waals surface area contributed by atoms with E-state index < -0.39 is 5.41 Å². The first kappa shape index (κ1) is 26.0. The first-order chi connectivity index (χ1) is 17.9. The summed E-state index contributed by atoms with van der Waals surface area (Å²) in [6.07, 6.45) is 7.40. The minimum atomic E-state index is -0.485. The minimum absolute atomic E-state index is 0.00488. The molecule has 3 nitrogen and oxygen atoms in total. The lowest BCUT2D eigenvalue weighted by atomic mass is 9.68. The van der Waals surface area contributed by atoms with Gasteiger partial charge in [0.15, 0.2) is 0 Å². The molecule has 1 amide bonds. The molecule has 2 heterocycles. The number of aromatic nitrogens is 1. The van der Waals surface area contributed by atoms with Gasteiger partial charge in [-0.15, -0.1) is 6.58 Å². The van der Waals surface area contributed by atoms with Crippen molar-refractivity contribution in [2.75, 3.05) is 0 Å². The van der Waals surface area contributed by atoms with Crippen molar-refractivity contribution >= 4 is 29.1 Å². The van der Waals surface area contributed by atoms with Crippen LogP contribution in [0, 0.1) is 5.41 Å². The Kier molecular flexibility index (Phi) is 7.74. The molecule has 1 N–H and O–H groups in total. The van der Waals surface area contributed by atoms with E-state index in [0.717, 1.165) is 35.0 Å². The van der Waals surface area contributed by atoms with Gasteiger partial charge in [-0.2, -0.15) is 0 Å². The fraction of sp³-hybridized carbons (Fsp3) is 0.375. The largest absolute Gasteiger partial charge is 0.352 e. The predicted octanol–water partition coefficient (Wildman–Crippen LogP) is 8.43. The zero-order chi connectivity index (χ0) is 26.0. The number of piperidine rings is 1. The van der Waals surface area contributed by atoms with E-state index in [1.807, 2.05) is 43.3 Å². The maximum absolute atomic E-state index is 13.3. The summed E-state index contributed by atoms with van der Waals surface area (Å²) in [5.74, 6) is 0.984. The zero-order valence-corrected chi connectivity index (χ0v) is 22.8. The van der Waals surface area contributed by atoms with Gasteiger partial charge in [-0.05, 0) is 86.1 Å². The molecule has 1 aliphatic heterocycles. The number of benzene rings is 2. The second kappa shape index (κ2) is 11.0. The summed E-state index contributed by atoms with van der Waals surface area (Å²) in [6.45, 7) is 5.95. The highest BCUT2D eigenvalue weighted by molar-refractivity contribution is 6.30. The molecule has 2 aromatic carbocycles. The first-order valence-corrected chi connectivity index (χ1v) is 14.0. The van der Waals surface area contributed by atoms with Crippen LogP contribution in [0.2, 0.25) is 10.0 Å². The van der Waals surface area contributed by atoms with Gasteiger partial charge in [0.25, 0.3) is 0 Å². The molecule has 5 heteroatoms. The van der Waals surface area contributed by atoms with Crippen LogP contribution in [0.5, 0.6) is 0 Å². The number of rotatable bonds is 9. The minimum Gasteiger partial charge on any atom is -0.352 e. The summed E-state index contributed by atoms with van der Waals surface area (Å²) in [7, 11) is 0. The average molecular weight is 534 g/mol. The van der Waals surface area contributed by atoms with Gasteiger partial charge in [-0.3, -0.25) is 9.78 Å². The summed E-state index contributed by atoms with van der Waals surface area (Å²) in [5, 5.41) is 4.84. The lowest BCUT2D eigenvalue weighted by molar-refractivity contribution is -0.134. The van der Waals surface area contributed by atoms with Crippen LogP contribution in [0.3, 0.4) is 0 Å². The van der Waals surface area contributed by atoms with Crippen molar-refractivity contribution in [3.05, 3.63) is 112 Å². The van der Waals surface area contributed by atoms with Gasteiger partial charge < -0.3 is 5.32 Å². The molecule has 2 fully saturated rings. The molecule has 1 aromatic heterocycles. The number of amides is 1. The topological polar surface area (TPSA) is 42.0 Å². The number of hydrogen-bond acceptors (Lipinski definition) is 2. The standard InChI is InChI=1S/C32H34Cl2N2O/c1-3-18-32(2)20-27(23-6-4-7-25(34)19-23)30(36-31(32)37)17-16-26(21-12-14-24(33)15-13-21)29-9-5-8-28(35-29)22-10-11-22/h3-9,12-15,19,22,26-27,30H,1,10-11,16-18,20H2,2H3,(H,36,37)/t26?,27-,30+,32+/m1/s1. The molecule has 1 aliphatic carbocycles. The van der Waals surface area contributed by atoms with Crippen molar-refractivity contribution in [1.29, 1.82) is 0 Å². The molecule has 37 heavy (non-hydrogen) atoms. The molecular weight excluding hydrogens is 499 g/mol. The average Bonchev–Trinajstić information content (AvgIpc) is 3.73. The SMILES string of the molecule is C=CC[C@@]1(C)C[C@H](c2cccc(Cl)c2)[C@H](CCC(c2ccc(Cl)cc2)c2cccc(C3CC3)n2)NC1=O. The number of nitrogens with one attached hydrogen (secondary N) is 1. The Hall–Kier alpha value is -2.62. The van der Waals surface area contributed by atoms with Gasteiger partial charge in [0.05, 0.1) is 5.41 Å². The van der Waals surface area contributed by atoms with Gasteiger partial charge in [-0.25, -0.2) is 0 Å². The number of allylic oxidation sites excluding steroid dienone is 1. The highest BCUT2D eigenvalue weighted by Crippen LogP contribution is 2.44. The second-order valence-electron chi connectivity index (χ2n) is 10.9. The quantitative estimate of drug-likeness (QED) is 0.281. The first-order valence-electron chi connectivity index (χ1n) is 13.3. The van der Waals surface area contributed by atoms with E-state index in [9.17, 15) is 4.79 Å². The lowest BCUT2D eigenvalue weighted by Gasteiger charge is -2.43. The molecular formula is C32H34Cl2N2O. The summed E-state index contributed by atoms with van der Waals surface area (Å²) >= 11 is 12.6. The Balaban J connectivity index is 1.44. The van der Waals surface area contributed by atoms with E-state index in [-0.39, 0.29) is 23.8 Å². The third kappa shape index (κ3) is 5.94. The summed E-state index contributed by atoms with van der Waals surface area (Å²) < 4.78 is 0. The van der Waals surface area contributed by atoms with Crippen molar-refractivity contribution in [2.45, 2.75) is 69.2 Å². The molecule has 0 radical (unpaired) electrons. The van der Waals surface area contributed by atoms with Gasteiger partial charge in [0, 0.05) is 45.2 Å². The van der Waals surface area contributed by atoms with Gasteiger partial charge in [0.1, 0.15) is 0 Å². The number of hydrogen-bond donors (Lipinski definition) is 1. The maximum Gasteiger partial charge on any atom is 0.226 e. The fourth-order valence-corrected chi connectivity index (χ4v) is 6.14. The van der Waals surface area contributed by atoms with E-state index in [0.29, 0.717) is 12.3 Å². The predicted molar refractivity (Wildman–Crippen MR) is 152 cm³/mol. The molecule has 192 valence electrons. The monoisotopic (exact) mass is 532 g/mol. The van der Waals surface area contributed by atoms with Crippen LogP contribution >= 0.6 is 23.2 Å². The molecule has 1 saturated carbocycles. The second-order valence-corrected chi connectivity index (χ2v) is 11.8. The van der Waals surface area contributed by atoms with E-state index in [1.165, 1.54) is 29.7 Å². The highest BCUT2D eigenvalue weighted by Gasteiger charge is 2.43. The van der Waals surface area contributed by atoms with Crippen molar-refractivity contribution in [3.8, 4) is 0 Å². The summed E-state index contributed by atoms with van der Waals surface area (Å²) in [4.78, 5) is 18.4. The molecule has 1 unspecified atom stereocenters. The number of pyridine rings is 1. The number of nitrogens with zero attached hydrogens (tertiary/aromatic N) is 1. The Morgan fingerprint density at radius 2 is 1.84 bits per heavy atom. The highest BCUT2D eigenvalue weighted by atomic mass is 35.5. The Bertz CT molecular complexity index is 1270. The molecule has 0 spiro atoms. The molecule has 2 aliphatic rings. The van der Waals surface area contributed by atoms with E-state index in [4.69, 9.17) is 28.2 Å². The number of carbonyl (C=O) groups is 1. The smallest absolute Gasteiger partial charge is 0.226 e. The summed E-state index contributed by atoms with van der Waals surface area (Å²) in [6, 6.07) is 22.6. The van der Waals surface area contributed by atoms with Crippen LogP contribution in [0.25, 0.3) is 0 Å². The van der Waals surface area contributed by atoms with Crippen LogP contribution in [0.1, 0.15) is 85.7 Å². The molecule has 1 saturated heterocycles. The van der Waals surface area contributed by atoms with Crippen LogP contribution in [-0.2, 0) is 4.79 Å². The van der Waals surface area contributed by atoms with E-state index in [2.05, 4.69) is 48.3 Å². The van der Waals surface area contributed by atoms with Crippen LogP contribution in [-0.4, -0.2) is 16.9 Å². The normalized spacial score (nSPS) is 24.4. The fourth-order valence-electron chi connectivity index (χ4n) is 5.81. The molecule has 5 rings (SSSR count). The Morgan fingerprint density at radius 3 is 2.54 bits per heavy atom. The third-order valence-corrected chi connectivity index (χ3v) is 8.56. The summed E-state index contributed by atoms with van der Waals surface area (Å²) in [5.41, 5.74) is 4.16. The molecule has 0 bridgehead atoms. The number of carbonyl (C=O) groups excluding carboxylic acids is 1. The van der Waals surface area contributed by atoms with Crippen LogP contribution in [0.15, 0.2) is 79.4 Å². The zero-order valence-electron chi connectivity index (χ0n) is 21.3. The maximum atomic E-state index is 13.3. The van der Waals surface area contributed by atoms with Gasteiger partial charge in [0.2, 0.25) is 5.91 Å². The Morgan fingerprint density at radius 1 is 1.08 bits per heavy atom. The van der Waals surface area contributed by atoms with Crippen molar-refractivity contribution < 1.29 is 4.79 Å². The van der Waals surface area contributed by atoms with Crippen molar-refractivity contribution in [3.63, 3.8) is 0 Å². The van der Waals surface area contributed by atoms with Crippen LogP contribution in [0.4, 0.5) is 0 Å². The third-order valence-electron chi connectivity index (χ3n) is 8.08. The van der Waals surface area contributed by atoms with E-state index >= 15 is 0 Å². The Labute approximate surface area is 230 Å². The van der Waals surface area contributed by atoms with Crippen LogP contribution < -0.4 is 5.32 Å². The van der Waals surface area contributed by atoms with Crippen molar-refractivity contribution in [1.82, 2.24) is 10.3 Å². The lowest BCUT2D eigenvalue weighted by Crippen LogP contribution is -2.53.